The normalized spacial score (nSPS) is 17.7. The summed E-state index contributed by atoms with van der Waals surface area (Å²) in [5.74, 6) is 0.332. The van der Waals surface area contributed by atoms with Crippen LogP contribution in [0.15, 0.2) is 218 Å². The van der Waals surface area contributed by atoms with Crippen LogP contribution in [0.25, 0.3) is 105 Å². The topological polar surface area (TPSA) is 0 Å². The minimum absolute atomic E-state index is 0.166. The van der Waals surface area contributed by atoms with Crippen molar-refractivity contribution in [2.75, 3.05) is 0 Å². The van der Waals surface area contributed by atoms with Crippen molar-refractivity contribution in [2.45, 2.75) is 12.8 Å². The summed E-state index contributed by atoms with van der Waals surface area (Å²) in [5, 5.41) is 7.78. The van der Waals surface area contributed by atoms with Gasteiger partial charge < -0.3 is 0 Å². The van der Waals surface area contributed by atoms with E-state index in [1.54, 1.807) is 0 Å². The lowest BCUT2D eigenvalue weighted by molar-refractivity contribution is 0.759. The molecule has 0 nitrogen and oxygen atoms in total. The highest BCUT2D eigenvalue weighted by Crippen LogP contribution is 2.68. The van der Waals surface area contributed by atoms with Crippen molar-refractivity contribution in [3.63, 3.8) is 0 Å². The van der Waals surface area contributed by atoms with E-state index in [-0.39, 0.29) is 11.8 Å². The number of rotatable bonds is 5. The Balaban J connectivity index is 1.12. The van der Waals surface area contributed by atoms with Crippen molar-refractivity contribution < 1.29 is 0 Å². The molecule has 5 aliphatic carbocycles. The maximum atomic E-state index is 2.54. The van der Waals surface area contributed by atoms with Crippen LogP contribution >= 0.6 is 0 Å². The Morgan fingerprint density at radius 3 is 1.17 bits per heavy atom. The molecule has 0 amide bonds. The minimum Gasteiger partial charge on any atom is -0.0842 e. The first kappa shape index (κ1) is 35.8. The second kappa shape index (κ2) is 13.9. The molecule has 2 unspecified atom stereocenters. The third kappa shape index (κ3) is 5.00. The molecule has 0 aromatic heterocycles. The molecule has 0 radical (unpaired) electrons. The lowest BCUT2D eigenvalue weighted by Gasteiger charge is -2.31. The van der Waals surface area contributed by atoms with Gasteiger partial charge in [-0.05, 0) is 157 Å². The summed E-state index contributed by atoms with van der Waals surface area (Å²) < 4.78 is 0. The molecule has 2 atom stereocenters. The van der Waals surface area contributed by atoms with Gasteiger partial charge in [-0.2, -0.15) is 0 Å². The summed E-state index contributed by atoms with van der Waals surface area (Å²) >= 11 is 0. The number of fused-ring (bicyclic) bond motifs is 9. The molecule has 0 heteroatoms. The van der Waals surface area contributed by atoms with Crippen LogP contribution in [0.4, 0.5) is 0 Å². The van der Waals surface area contributed by atoms with E-state index in [2.05, 4.69) is 218 Å². The summed E-state index contributed by atoms with van der Waals surface area (Å²) in [4.78, 5) is 0. The lowest BCUT2D eigenvalue weighted by atomic mass is 9.71. The third-order valence-corrected chi connectivity index (χ3v) is 14.8. The second-order valence-corrected chi connectivity index (χ2v) is 18.0. The van der Waals surface area contributed by atoms with Crippen molar-refractivity contribution in [3.8, 4) is 44.5 Å². The van der Waals surface area contributed by atoms with E-state index in [1.165, 1.54) is 133 Å². The highest BCUT2D eigenvalue weighted by Gasteiger charge is 2.51. The van der Waals surface area contributed by atoms with Crippen molar-refractivity contribution in [3.05, 3.63) is 246 Å². The zero-order chi connectivity index (χ0) is 41.9. The number of benzene rings is 9. The SMILES string of the molecule is C1=CCCC(c2ccccc2-c2c3c(c(-c4ccccc4)c4ccccc24)C2=CC=C4c5c(c(-c6ccccc6)c6cc7ccccc7cc6c5-c5ccccc5)C5=CC=C3C2C45)=C1. The summed E-state index contributed by atoms with van der Waals surface area (Å²) in [6.45, 7) is 0. The first-order chi connectivity index (χ1) is 31.8. The number of allylic oxidation sites excluding steroid dienone is 12. The highest BCUT2D eigenvalue weighted by atomic mass is 14.5. The summed E-state index contributed by atoms with van der Waals surface area (Å²) in [6.07, 6.45) is 19.1. The second-order valence-electron chi connectivity index (χ2n) is 18.0. The maximum absolute atomic E-state index is 2.54. The van der Waals surface area contributed by atoms with Crippen molar-refractivity contribution in [2.24, 2.45) is 11.8 Å². The van der Waals surface area contributed by atoms with Gasteiger partial charge in [0.2, 0.25) is 0 Å². The van der Waals surface area contributed by atoms with Gasteiger partial charge in [0.15, 0.2) is 0 Å². The standard InChI is InChI=1S/C64H42/c1-5-19-39(20-6-1)45-29-15-16-30-46(45)58-48-32-18-17-31-47(48)55(40-21-7-2-8-22-40)61-49-33-34-50-59-51(35-36-52(60(49)59)64(58)61)63-57(42-25-11-4-12-26-42)54-38-44-28-14-13-27-43(44)37-53(54)56(62(50)63)41-23-9-3-10-24-41/h1-5,7-19,21-38,59-60H,6,20H2. The molecule has 0 spiro atoms. The van der Waals surface area contributed by atoms with Crippen molar-refractivity contribution >= 4 is 60.2 Å². The van der Waals surface area contributed by atoms with E-state index in [0.717, 1.165) is 12.8 Å². The first-order valence-corrected chi connectivity index (χ1v) is 22.9. The van der Waals surface area contributed by atoms with E-state index in [1.807, 2.05) is 0 Å². The van der Waals surface area contributed by atoms with Gasteiger partial charge in [-0.3, -0.25) is 0 Å². The van der Waals surface area contributed by atoms with Crippen molar-refractivity contribution in [1.29, 1.82) is 0 Å². The monoisotopic (exact) mass is 810 g/mol. The van der Waals surface area contributed by atoms with Crippen LogP contribution in [0, 0.1) is 11.8 Å². The Morgan fingerprint density at radius 2 is 0.703 bits per heavy atom. The Labute approximate surface area is 373 Å². The summed E-state index contributed by atoms with van der Waals surface area (Å²) in [5.41, 5.74) is 24.6. The zero-order valence-electron chi connectivity index (χ0n) is 35.4. The van der Waals surface area contributed by atoms with E-state index >= 15 is 0 Å². The van der Waals surface area contributed by atoms with Crippen LogP contribution in [-0.4, -0.2) is 0 Å². The molecule has 0 saturated carbocycles. The average molecular weight is 811 g/mol. The highest BCUT2D eigenvalue weighted by molar-refractivity contribution is 6.25. The van der Waals surface area contributed by atoms with E-state index in [4.69, 9.17) is 0 Å². The van der Waals surface area contributed by atoms with Gasteiger partial charge in [0.05, 0.1) is 0 Å². The number of hydrogen-bond donors (Lipinski definition) is 0. The quantitative estimate of drug-likeness (QED) is 0.152. The van der Waals surface area contributed by atoms with Crippen LogP contribution in [0.5, 0.6) is 0 Å². The van der Waals surface area contributed by atoms with E-state index in [9.17, 15) is 0 Å². The van der Waals surface area contributed by atoms with E-state index in [0.29, 0.717) is 0 Å². The smallest absolute Gasteiger partial charge is 0.0212 e. The Bertz CT molecular complexity index is 3680. The molecule has 9 aromatic carbocycles. The molecule has 298 valence electrons. The average Bonchev–Trinajstić information content (AvgIpc) is 3.87. The molecule has 0 fully saturated rings. The van der Waals surface area contributed by atoms with Gasteiger partial charge in [0, 0.05) is 11.8 Å². The van der Waals surface area contributed by atoms with Crippen LogP contribution in [-0.2, 0) is 0 Å². The van der Waals surface area contributed by atoms with Crippen LogP contribution in [0.2, 0.25) is 0 Å². The fraction of sp³-hybridized carbons (Fsp3) is 0.0625. The van der Waals surface area contributed by atoms with Crippen LogP contribution in [0.3, 0.4) is 0 Å². The molecule has 9 aromatic rings. The largest absolute Gasteiger partial charge is 0.0842 e. The fourth-order valence-corrected chi connectivity index (χ4v) is 12.4. The van der Waals surface area contributed by atoms with Gasteiger partial charge in [-0.15, -0.1) is 0 Å². The first-order valence-electron chi connectivity index (χ1n) is 22.9. The summed E-state index contributed by atoms with van der Waals surface area (Å²) in [7, 11) is 0. The van der Waals surface area contributed by atoms with Gasteiger partial charge >= 0.3 is 0 Å². The molecule has 0 bridgehead atoms. The molecular weight excluding hydrogens is 769 g/mol. The van der Waals surface area contributed by atoms with Gasteiger partial charge in [0.25, 0.3) is 0 Å². The summed E-state index contributed by atoms with van der Waals surface area (Å²) in [6, 6.07) is 65.9. The van der Waals surface area contributed by atoms with Crippen LogP contribution in [0.1, 0.15) is 40.7 Å². The van der Waals surface area contributed by atoms with E-state index < -0.39 is 0 Å². The predicted molar refractivity (Wildman–Crippen MR) is 272 cm³/mol. The van der Waals surface area contributed by atoms with Crippen molar-refractivity contribution in [1.82, 2.24) is 0 Å². The molecular formula is C64H42. The molecule has 0 N–H and O–H groups in total. The Hall–Kier alpha value is -7.80. The maximum Gasteiger partial charge on any atom is 0.0212 e. The molecule has 14 rings (SSSR count). The minimum atomic E-state index is 0.166. The van der Waals surface area contributed by atoms with Gasteiger partial charge in [-0.1, -0.05) is 206 Å². The van der Waals surface area contributed by atoms with Crippen LogP contribution < -0.4 is 0 Å². The number of hydrogen-bond acceptors (Lipinski definition) is 0. The molecule has 0 aliphatic heterocycles. The van der Waals surface area contributed by atoms with Gasteiger partial charge in [-0.25, -0.2) is 0 Å². The molecule has 64 heavy (non-hydrogen) atoms. The zero-order valence-corrected chi connectivity index (χ0v) is 35.4. The molecule has 5 aliphatic rings. The van der Waals surface area contributed by atoms with Gasteiger partial charge in [0.1, 0.15) is 0 Å². The Morgan fingerprint density at radius 1 is 0.312 bits per heavy atom. The lowest BCUT2D eigenvalue weighted by Crippen LogP contribution is -2.18. The predicted octanol–water partition coefficient (Wildman–Crippen LogP) is 17.1. The Kier molecular flexibility index (Phi) is 7.74. The molecule has 0 heterocycles. The third-order valence-electron chi connectivity index (χ3n) is 14.8. The molecule has 0 saturated heterocycles. The fourth-order valence-electron chi connectivity index (χ4n) is 12.4.